The number of aryl methyl sites for hydroxylation is 1. The summed E-state index contributed by atoms with van der Waals surface area (Å²) in [6.45, 7) is 2.32. The molecule has 0 N–H and O–H groups in total. The number of piperidine rings is 1. The van der Waals surface area contributed by atoms with Gasteiger partial charge in [-0.2, -0.15) is 0 Å². The van der Waals surface area contributed by atoms with Crippen LogP contribution in [-0.2, 0) is 11.8 Å². The van der Waals surface area contributed by atoms with Crippen molar-refractivity contribution < 1.29 is 4.79 Å². The van der Waals surface area contributed by atoms with Crippen LogP contribution >= 0.6 is 11.6 Å². The van der Waals surface area contributed by atoms with E-state index in [2.05, 4.69) is 18.0 Å². The van der Waals surface area contributed by atoms with Crippen LogP contribution in [0.3, 0.4) is 0 Å². The van der Waals surface area contributed by atoms with E-state index in [1.165, 1.54) is 30.4 Å². The number of likely N-dealkylation sites (tertiary alicyclic amines) is 1. The van der Waals surface area contributed by atoms with E-state index in [0.717, 1.165) is 25.8 Å². The molecule has 0 radical (unpaired) electrons. The van der Waals surface area contributed by atoms with Gasteiger partial charge >= 0.3 is 0 Å². The maximum absolute atomic E-state index is 10.9. The maximum Gasteiger partial charge on any atom is 0.151 e. The molecule has 1 spiro atoms. The van der Waals surface area contributed by atoms with Crippen LogP contribution in [0.2, 0.25) is 5.02 Å². The lowest BCUT2D eigenvalue weighted by Crippen LogP contribution is -2.39. The van der Waals surface area contributed by atoms with E-state index in [0.29, 0.717) is 16.0 Å². The van der Waals surface area contributed by atoms with Crippen molar-refractivity contribution in [3.05, 3.63) is 33.8 Å². The second-order valence-corrected chi connectivity index (χ2v) is 6.14. The van der Waals surface area contributed by atoms with E-state index in [4.69, 9.17) is 11.6 Å². The molecule has 1 fully saturated rings. The van der Waals surface area contributed by atoms with Gasteiger partial charge in [-0.25, -0.2) is 0 Å². The van der Waals surface area contributed by atoms with Gasteiger partial charge in [-0.05, 0) is 74.5 Å². The van der Waals surface area contributed by atoms with Crippen LogP contribution in [0.4, 0.5) is 0 Å². The minimum absolute atomic E-state index is 0.326. The van der Waals surface area contributed by atoms with Crippen LogP contribution in [0, 0.1) is 0 Å². The standard InChI is InChI=1S/C15H18ClNO/c1-17-6-4-15(5-7-17)3-2-11-8-12(10-18)14(16)9-13(11)15/h8-10H,2-7H2,1H3. The summed E-state index contributed by atoms with van der Waals surface area (Å²) in [6.07, 6.45) is 5.61. The number of carbonyl (C=O) groups is 1. The first-order valence-electron chi connectivity index (χ1n) is 6.61. The number of carbonyl (C=O) groups excluding carboxylic acids is 1. The minimum Gasteiger partial charge on any atom is -0.306 e. The molecule has 0 bridgehead atoms. The Morgan fingerprint density at radius 2 is 2.00 bits per heavy atom. The SMILES string of the molecule is CN1CCC2(CCc3cc(C=O)c(Cl)cc32)CC1. The molecular weight excluding hydrogens is 246 g/mol. The third-order valence-electron chi connectivity index (χ3n) is 4.74. The lowest BCUT2D eigenvalue weighted by molar-refractivity contribution is 0.112. The Bertz CT molecular complexity index is 490. The largest absolute Gasteiger partial charge is 0.306 e. The highest BCUT2D eigenvalue weighted by Crippen LogP contribution is 2.47. The summed E-state index contributed by atoms with van der Waals surface area (Å²) in [4.78, 5) is 13.3. The smallest absolute Gasteiger partial charge is 0.151 e. The number of hydrogen-bond acceptors (Lipinski definition) is 2. The zero-order valence-corrected chi connectivity index (χ0v) is 11.5. The molecule has 0 atom stereocenters. The fourth-order valence-corrected chi connectivity index (χ4v) is 3.71. The van der Waals surface area contributed by atoms with Gasteiger partial charge in [-0.3, -0.25) is 4.79 Å². The molecule has 3 rings (SSSR count). The first kappa shape index (κ1) is 12.2. The quantitative estimate of drug-likeness (QED) is 0.726. The van der Waals surface area contributed by atoms with Crippen molar-refractivity contribution in [1.29, 1.82) is 0 Å². The molecule has 0 amide bonds. The van der Waals surface area contributed by atoms with Crippen LogP contribution < -0.4 is 0 Å². The zero-order valence-electron chi connectivity index (χ0n) is 10.7. The van der Waals surface area contributed by atoms with Crippen LogP contribution in [0.5, 0.6) is 0 Å². The van der Waals surface area contributed by atoms with Gasteiger partial charge in [0.1, 0.15) is 0 Å². The highest BCUT2D eigenvalue weighted by Gasteiger charge is 2.40. The summed E-state index contributed by atoms with van der Waals surface area (Å²) in [5.41, 5.74) is 3.71. The van der Waals surface area contributed by atoms with Gasteiger partial charge in [0.15, 0.2) is 6.29 Å². The number of fused-ring (bicyclic) bond motifs is 2. The summed E-state index contributed by atoms with van der Waals surface area (Å²) in [6, 6.07) is 4.05. The van der Waals surface area contributed by atoms with Crippen LogP contribution in [0.15, 0.2) is 12.1 Å². The lowest BCUT2D eigenvalue weighted by Gasteiger charge is -2.38. The van der Waals surface area contributed by atoms with E-state index in [1.807, 2.05) is 6.07 Å². The fraction of sp³-hybridized carbons (Fsp3) is 0.533. The van der Waals surface area contributed by atoms with Gasteiger partial charge in [0, 0.05) is 5.56 Å². The Balaban J connectivity index is 2.01. The van der Waals surface area contributed by atoms with Crippen molar-refractivity contribution in [1.82, 2.24) is 4.90 Å². The molecule has 0 aromatic heterocycles. The molecule has 3 heteroatoms. The predicted octanol–water partition coefficient (Wildman–Crippen LogP) is 3.06. The Hall–Kier alpha value is -0.860. The molecule has 1 saturated heterocycles. The van der Waals surface area contributed by atoms with E-state index < -0.39 is 0 Å². The topological polar surface area (TPSA) is 20.3 Å². The molecule has 1 aromatic rings. The number of rotatable bonds is 1. The third kappa shape index (κ3) is 1.79. The monoisotopic (exact) mass is 263 g/mol. The van der Waals surface area contributed by atoms with Crippen molar-refractivity contribution in [2.24, 2.45) is 0 Å². The van der Waals surface area contributed by atoms with Crippen molar-refractivity contribution in [3.8, 4) is 0 Å². The van der Waals surface area contributed by atoms with Gasteiger partial charge in [-0.15, -0.1) is 0 Å². The number of nitrogens with zero attached hydrogens (tertiary/aromatic N) is 1. The molecule has 1 aromatic carbocycles. The second-order valence-electron chi connectivity index (χ2n) is 5.73. The molecule has 2 aliphatic rings. The summed E-state index contributed by atoms with van der Waals surface area (Å²) < 4.78 is 0. The predicted molar refractivity (Wildman–Crippen MR) is 73.6 cm³/mol. The average Bonchev–Trinajstić information content (AvgIpc) is 2.71. The second kappa shape index (κ2) is 4.36. The fourth-order valence-electron chi connectivity index (χ4n) is 3.50. The van der Waals surface area contributed by atoms with Crippen molar-refractivity contribution in [2.75, 3.05) is 20.1 Å². The van der Waals surface area contributed by atoms with Crippen LogP contribution in [0.25, 0.3) is 0 Å². The highest BCUT2D eigenvalue weighted by molar-refractivity contribution is 6.33. The molecule has 96 valence electrons. The summed E-state index contributed by atoms with van der Waals surface area (Å²) in [5, 5.41) is 0.615. The van der Waals surface area contributed by atoms with Crippen molar-refractivity contribution >= 4 is 17.9 Å². The number of hydrogen-bond donors (Lipinski definition) is 0. The molecule has 1 heterocycles. The number of aldehydes is 1. The first-order valence-corrected chi connectivity index (χ1v) is 6.99. The minimum atomic E-state index is 0.326. The van der Waals surface area contributed by atoms with Gasteiger partial charge in [0.05, 0.1) is 5.02 Å². The Morgan fingerprint density at radius 3 is 2.67 bits per heavy atom. The normalized spacial score (nSPS) is 22.1. The van der Waals surface area contributed by atoms with Gasteiger partial charge in [0.25, 0.3) is 0 Å². The van der Waals surface area contributed by atoms with E-state index >= 15 is 0 Å². The molecule has 18 heavy (non-hydrogen) atoms. The molecule has 0 saturated carbocycles. The molecule has 0 unspecified atom stereocenters. The van der Waals surface area contributed by atoms with E-state index in [9.17, 15) is 4.79 Å². The molecular formula is C15H18ClNO. The van der Waals surface area contributed by atoms with Gasteiger partial charge in [0.2, 0.25) is 0 Å². The Morgan fingerprint density at radius 1 is 1.28 bits per heavy atom. The van der Waals surface area contributed by atoms with Crippen LogP contribution in [0.1, 0.15) is 40.7 Å². The summed E-state index contributed by atoms with van der Waals surface area (Å²) in [7, 11) is 2.19. The van der Waals surface area contributed by atoms with E-state index in [1.54, 1.807) is 0 Å². The lowest BCUT2D eigenvalue weighted by atomic mass is 9.74. The summed E-state index contributed by atoms with van der Waals surface area (Å²) >= 11 is 6.20. The van der Waals surface area contributed by atoms with Crippen molar-refractivity contribution in [2.45, 2.75) is 31.1 Å². The van der Waals surface area contributed by atoms with Crippen molar-refractivity contribution in [3.63, 3.8) is 0 Å². The molecule has 1 aliphatic heterocycles. The highest BCUT2D eigenvalue weighted by atomic mass is 35.5. The average molecular weight is 264 g/mol. The molecule has 1 aliphatic carbocycles. The number of benzene rings is 1. The zero-order chi connectivity index (χ0) is 12.8. The summed E-state index contributed by atoms with van der Waals surface area (Å²) in [5.74, 6) is 0. The Labute approximate surface area is 113 Å². The third-order valence-corrected chi connectivity index (χ3v) is 5.07. The molecule has 2 nitrogen and oxygen atoms in total. The number of halogens is 1. The van der Waals surface area contributed by atoms with Gasteiger partial charge in [-0.1, -0.05) is 11.6 Å². The van der Waals surface area contributed by atoms with Gasteiger partial charge < -0.3 is 4.90 Å². The first-order chi connectivity index (χ1) is 8.64. The Kier molecular flexibility index (Phi) is 2.95. The van der Waals surface area contributed by atoms with E-state index in [-0.39, 0.29) is 0 Å². The van der Waals surface area contributed by atoms with Crippen LogP contribution in [-0.4, -0.2) is 31.3 Å². The maximum atomic E-state index is 10.9.